The number of carboxylic acid groups (broad SMARTS) is 1. The van der Waals surface area contributed by atoms with E-state index < -0.39 is 0 Å². The Morgan fingerprint density at radius 3 is 2.36 bits per heavy atom. The number of rotatable bonds is 3. The fraction of sp³-hybridized carbons (Fsp3) is 0.364. The van der Waals surface area contributed by atoms with Gasteiger partial charge in [-0.05, 0) is 25.5 Å². The van der Waals surface area contributed by atoms with Gasteiger partial charge in [0, 0.05) is 0 Å². The number of hydrogen-bond donors (Lipinski definition) is 1. The van der Waals surface area contributed by atoms with Crippen molar-refractivity contribution in [3.05, 3.63) is 30.3 Å². The predicted molar refractivity (Wildman–Crippen MR) is 55.5 cm³/mol. The lowest BCUT2D eigenvalue weighted by Crippen LogP contribution is -2.09. The van der Waals surface area contributed by atoms with Gasteiger partial charge in [-0.1, -0.05) is 25.1 Å². The molecule has 78 valence electrons. The SMILES string of the molecule is CCC(C)Oc1ccccc1.O=CO. The molecule has 0 aromatic heterocycles. The van der Waals surface area contributed by atoms with E-state index >= 15 is 0 Å². The summed E-state index contributed by atoms with van der Waals surface area (Å²) in [5, 5.41) is 6.89. The number of hydrogen-bond acceptors (Lipinski definition) is 2. The molecular weight excluding hydrogens is 180 g/mol. The highest BCUT2D eigenvalue weighted by molar-refractivity contribution is 5.32. The molecule has 0 heterocycles. The second kappa shape index (κ2) is 8.10. The smallest absolute Gasteiger partial charge is 0.290 e. The lowest BCUT2D eigenvalue weighted by atomic mass is 10.3. The fourth-order valence-electron chi connectivity index (χ4n) is 0.815. The standard InChI is InChI=1S/C10H14O.CH2O2/c1-3-9(2)11-10-7-5-4-6-8-10;2-1-3/h4-9H,3H2,1-2H3;1H,(H,2,3). The van der Waals surface area contributed by atoms with Crippen LogP contribution in [0.4, 0.5) is 0 Å². The molecule has 1 aromatic rings. The van der Waals surface area contributed by atoms with Crippen LogP contribution in [0.1, 0.15) is 20.3 Å². The minimum atomic E-state index is -0.250. The summed E-state index contributed by atoms with van der Waals surface area (Å²) < 4.78 is 5.56. The van der Waals surface area contributed by atoms with Crippen LogP contribution in [0.2, 0.25) is 0 Å². The third kappa shape index (κ3) is 6.06. The molecule has 0 aliphatic heterocycles. The van der Waals surface area contributed by atoms with Crippen LogP contribution < -0.4 is 4.74 Å². The average Bonchev–Trinajstić information content (AvgIpc) is 2.20. The first-order chi connectivity index (χ1) is 6.74. The van der Waals surface area contributed by atoms with Crippen molar-refractivity contribution in [2.45, 2.75) is 26.4 Å². The predicted octanol–water partition coefficient (Wildman–Crippen LogP) is 2.56. The molecule has 1 unspecified atom stereocenters. The lowest BCUT2D eigenvalue weighted by Gasteiger charge is -2.11. The van der Waals surface area contributed by atoms with Crippen molar-refractivity contribution in [3.8, 4) is 5.75 Å². The third-order valence-electron chi connectivity index (χ3n) is 1.66. The van der Waals surface area contributed by atoms with Gasteiger partial charge in [-0.25, -0.2) is 0 Å². The normalized spacial score (nSPS) is 10.7. The third-order valence-corrected chi connectivity index (χ3v) is 1.66. The second-order valence-electron chi connectivity index (χ2n) is 2.76. The Labute approximate surface area is 84.3 Å². The van der Waals surface area contributed by atoms with Gasteiger partial charge in [0.25, 0.3) is 6.47 Å². The molecule has 0 aliphatic carbocycles. The quantitative estimate of drug-likeness (QED) is 0.756. The first kappa shape index (κ1) is 12.5. The largest absolute Gasteiger partial charge is 0.491 e. The molecule has 3 heteroatoms. The van der Waals surface area contributed by atoms with Crippen molar-refractivity contribution < 1.29 is 14.6 Å². The van der Waals surface area contributed by atoms with E-state index in [0.29, 0.717) is 6.10 Å². The van der Waals surface area contributed by atoms with E-state index in [1.807, 2.05) is 30.3 Å². The summed E-state index contributed by atoms with van der Waals surface area (Å²) in [5.74, 6) is 0.960. The highest BCUT2D eigenvalue weighted by Crippen LogP contribution is 2.11. The van der Waals surface area contributed by atoms with E-state index in [1.165, 1.54) is 0 Å². The average molecular weight is 196 g/mol. The maximum Gasteiger partial charge on any atom is 0.290 e. The maximum absolute atomic E-state index is 8.36. The molecule has 1 rings (SSSR count). The van der Waals surface area contributed by atoms with E-state index in [4.69, 9.17) is 14.6 Å². The van der Waals surface area contributed by atoms with Gasteiger partial charge in [0.2, 0.25) is 0 Å². The summed E-state index contributed by atoms with van der Waals surface area (Å²) in [6, 6.07) is 9.91. The van der Waals surface area contributed by atoms with Crippen molar-refractivity contribution in [2.24, 2.45) is 0 Å². The zero-order valence-electron chi connectivity index (χ0n) is 8.51. The monoisotopic (exact) mass is 196 g/mol. The number of carbonyl (C=O) groups is 1. The van der Waals surface area contributed by atoms with Crippen molar-refractivity contribution in [2.75, 3.05) is 0 Å². The number of benzene rings is 1. The number of para-hydroxylation sites is 1. The molecule has 3 nitrogen and oxygen atoms in total. The van der Waals surface area contributed by atoms with Crippen molar-refractivity contribution in [1.82, 2.24) is 0 Å². The fourth-order valence-corrected chi connectivity index (χ4v) is 0.815. The Bertz CT molecular complexity index is 234. The van der Waals surface area contributed by atoms with Crippen LogP contribution in [-0.2, 0) is 4.79 Å². The summed E-state index contributed by atoms with van der Waals surface area (Å²) >= 11 is 0. The van der Waals surface area contributed by atoms with E-state index in [1.54, 1.807) is 0 Å². The van der Waals surface area contributed by atoms with Crippen LogP contribution in [0.3, 0.4) is 0 Å². The topological polar surface area (TPSA) is 46.5 Å². The van der Waals surface area contributed by atoms with Gasteiger partial charge in [-0.2, -0.15) is 0 Å². The molecule has 0 saturated carbocycles. The molecule has 1 atom stereocenters. The zero-order valence-corrected chi connectivity index (χ0v) is 8.51. The van der Waals surface area contributed by atoms with Crippen LogP contribution in [-0.4, -0.2) is 17.7 Å². The highest BCUT2D eigenvalue weighted by Gasteiger charge is 1.97. The summed E-state index contributed by atoms with van der Waals surface area (Å²) in [7, 11) is 0. The maximum atomic E-state index is 8.36. The Balaban J connectivity index is 0.000000500. The van der Waals surface area contributed by atoms with Gasteiger partial charge in [0.05, 0.1) is 6.10 Å². The molecule has 0 fully saturated rings. The van der Waals surface area contributed by atoms with Gasteiger partial charge in [0.1, 0.15) is 5.75 Å². The van der Waals surface area contributed by atoms with Crippen molar-refractivity contribution >= 4 is 6.47 Å². The molecule has 0 aliphatic rings. The molecule has 0 saturated heterocycles. The van der Waals surface area contributed by atoms with E-state index in [0.717, 1.165) is 12.2 Å². The molecule has 0 bridgehead atoms. The van der Waals surface area contributed by atoms with Crippen LogP contribution >= 0.6 is 0 Å². The first-order valence-corrected chi connectivity index (χ1v) is 4.54. The van der Waals surface area contributed by atoms with Crippen molar-refractivity contribution in [1.29, 1.82) is 0 Å². The van der Waals surface area contributed by atoms with Crippen LogP contribution in [0, 0.1) is 0 Å². The second-order valence-corrected chi connectivity index (χ2v) is 2.76. The molecule has 0 amide bonds. The van der Waals surface area contributed by atoms with E-state index in [9.17, 15) is 0 Å². The molecule has 1 N–H and O–H groups in total. The highest BCUT2D eigenvalue weighted by atomic mass is 16.5. The molecule has 0 radical (unpaired) electrons. The summed E-state index contributed by atoms with van der Waals surface area (Å²) in [6.07, 6.45) is 1.37. The minimum absolute atomic E-state index is 0.250. The summed E-state index contributed by atoms with van der Waals surface area (Å²) in [4.78, 5) is 8.36. The van der Waals surface area contributed by atoms with Gasteiger partial charge < -0.3 is 9.84 Å². The Morgan fingerprint density at radius 1 is 1.43 bits per heavy atom. The summed E-state index contributed by atoms with van der Waals surface area (Å²) in [6.45, 7) is 3.95. The molecular formula is C11H16O3. The Kier molecular flexibility index (Phi) is 7.23. The van der Waals surface area contributed by atoms with E-state index in [2.05, 4.69) is 13.8 Å². The summed E-state index contributed by atoms with van der Waals surface area (Å²) in [5.41, 5.74) is 0. The van der Waals surface area contributed by atoms with Gasteiger partial charge >= 0.3 is 0 Å². The van der Waals surface area contributed by atoms with E-state index in [-0.39, 0.29) is 6.47 Å². The number of ether oxygens (including phenoxy) is 1. The lowest BCUT2D eigenvalue weighted by molar-refractivity contribution is -0.122. The zero-order chi connectivity index (χ0) is 10.8. The Hall–Kier alpha value is -1.51. The van der Waals surface area contributed by atoms with Gasteiger partial charge in [-0.15, -0.1) is 0 Å². The van der Waals surface area contributed by atoms with Crippen LogP contribution in [0.5, 0.6) is 5.75 Å². The van der Waals surface area contributed by atoms with Gasteiger partial charge in [-0.3, -0.25) is 4.79 Å². The van der Waals surface area contributed by atoms with Crippen LogP contribution in [0.15, 0.2) is 30.3 Å². The molecule has 14 heavy (non-hydrogen) atoms. The van der Waals surface area contributed by atoms with Gasteiger partial charge in [0.15, 0.2) is 0 Å². The molecule has 1 aromatic carbocycles. The van der Waals surface area contributed by atoms with Crippen molar-refractivity contribution in [3.63, 3.8) is 0 Å². The minimum Gasteiger partial charge on any atom is -0.491 e. The Morgan fingerprint density at radius 2 is 1.93 bits per heavy atom. The first-order valence-electron chi connectivity index (χ1n) is 4.54. The molecule has 0 spiro atoms. The van der Waals surface area contributed by atoms with Crippen LogP contribution in [0.25, 0.3) is 0 Å².